The van der Waals surface area contributed by atoms with Gasteiger partial charge in [-0.3, -0.25) is 4.79 Å². The molecule has 7 nitrogen and oxygen atoms in total. The third-order valence-electron chi connectivity index (χ3n) is 5.79. The van der Waals surface area contributed by atoms with Crippen molar-refractivity contribution in [1.29, 1.82) is 0 Å². The zero-order chi connectivity index (χ0) is 22.7. The molecule has 3 aromatic rings. The third kappa shape index (κ3) is 4.23. The molecule has 0 fully saturated rings. The van der Waals surface area contributed by atoms with E-state index in [0.29, 0.717) is 36.6 Å². The quantitative estimate of drug-likeness (QED) is 0.590. The first kappa shape index (κ1) is 21.6. The molecule has 2 aromatic carbocycles. The molecule has 32 heavy (non-hydrogen) atoms. The van der Waals surface area contributed by atoms with E-state index in [1.807, 2.05) is 42.3 Å². The fourth-order valence-electron chi connectivity index (χ4n) is 3.87. The number of rotatable bonds is 6. The van der Waals surface area contributed by atoms with Gasteiger partial charge in [0.25, 0.3) is 5.91 Å². The predicted molar refractivity (Wildman–Crippen MR) is 124 cm³/mol. The molecule has 0 saturated heterocycles. The number of ether oxygens (including phenoxy) is 2. The lowest BCUT2D eigenvalue weighted by molar-refractivity contribution is 0.0733. The minimum absolute atomic E-state index is 0.0647. The largest absolute Gasteiger partial charge is 0.497 e. The number of methoxy groups -OCH3 is 2. The Hall–Kier alpha value is -3.61. The zero-order valence-electron chi connectivity index (χ0n) is 19.0. The smallest absolute Gasteiger partial charge is 0.254 e. The van der Waals surface area contributed by atoms with E-state index in [2.05, 4.69) is 11.8 Å². The normalized spacial score (nSPS) is 12.8. The monoisotopic (exact) mass is 432 g/mol. The van der Waals surface area contributed by atoms with Crippen molar-refractivity contribution in [2.45, 2.75) is 19.9 Å². The van der Waals surface area contributed by atoms with Gasteiger partial charge in [0.05, 0.1) is 26.5 Å². The molecule has 4 rings (SSSR count). The highest BCUT2D eigenvalue weighted by molar-refractivity contribution is 5.95. The van der Waals surface area contributed by atoms with E-state index in [9.17, 15) is 4.79 Å². The number of aromatic nitrogens is 2. The van der Waals surface area contributed by atoms with Crippen LogP contribution in [0.1, 0.15) is 28.5 Å². The van der Waals surface area contributed by atoms with E-state index in [1.54, 1.807) is 32.4 Å². The Morgan fingerprint density at radius 2 is 1.75 bits per heavy atom. The summed E-state index contributed by atoms with van der Waals surface area (Å²) in [5.74, 6) is 2.71. The number of hydrogen-bond acceptors (Lipinski definition) is 6. The second-order valence-corrected chi connectivity index (χ2v) is 7.75. The number of fused-ring (bicyclic) bond motifs is 1. The zero-order valence-corrected chi connectivity index (χ0v) is 19.0. The summed E-state index contributed by atoms with van der Waals surface area (Å²) in [6.07, 6.45) is 0.676. The van der Waals surface area contributed by atoms with Crippen LogP contribution < -0.4 is 14.4 Å². The van der Waals surface area contributed by atoms with Crippen molar-refractivity contribution >= 4 is 11.7 Å². The fourth-order valence-corrected chi connectivity index (χ4v) is 3.87. The summed E-state index contributed by atoms with van der Waals surface area (Å²) in [7, 11) is 5.18. The Labute approximate surface area is 188 Å². The second kappa shape index (κ2) is 9.26. The van der Waals surface area contributed by atoms with Gasteiger partial charge >= 0.3 is 0 Å². The van der Waals surface area contributed by atoms with Gasteiger partial charge in [0.1, 0.15) is 17.3 Å². The van der Waals surface area contributed by atoms with E-state index in [4.69, 9.17) is 19.4 Å². The molecule has 0 N–H and O–H groups in total. The lowest BCUT2D eigenvalue weighted by Crippen LogP contribution is -2.38. The van der Waals surface area contributed by atoms with Crippen molar-refractivity contribution in [2.24, 2.45) is 0 Å². The van der Waals surface area contributed by atoms with Crippen molar-refractivity contribution in [3.05, 3.63) is 65.4 Å². The van der Waals surface area contributed by atoms with Gasteiger partial charge in [-0.2, -0.15) is 0 Å². The summed E-state index contributed by atoms with van der Waals surface area (Å²) in [5.41, 5.74) is 3.53. The highest BCUT2D eigenvalue weighted by Gasteiger charge is 2.28. The van der Waals surface area contributed by atoms with Gasteiger partial charge in [-0.05, 0) is 19.1 Å². The van der Waals surface area contributed by atoms with Crippen LogP contribution in [0.2, 0.25) is 0 Å². The minimum Gasteiger partial charge on any atom is -0.497 e. The Bertz CT molecular complexity index is 1100. The molecule has 1 aliphatic heterocycles. The van der Waals surface area contributed by atoms with Crippen LogP contribution in [-0.2, 0) is 13.0 Å². The molecule has 1 aliphatic rings. The van der Waals surface area contributed by atoms with Gasteiger partial charge < -0.3 is 19.3 Å². The van der Waals surface area contributed by atoms with Crippen LogP contribution in [0.4, 0.5) is 5.82 Å². The molecule has 0 bridgehead atoms. The molecular formula is C25H28N4O3. The second-order valence-electron chi connectivity index (χ2n) is 7.75. The molecular weight excluding hydrogens is 404 g/mol. The maximum Gasteiger partial charge on any atom is 0.254 e. The Morgan fingerprint density at radius 1 is 1.06 bits per heavy atom. The van der Waals surface area contributed by atoms with Gasteiger partial charge in [0.2, 0.25) is 0 Å². The van der Waals surface area contributed by atoms with Crippen LogP contribution in [0.25, 0.3) is 11.4 Å². The first-order valence-corrected chi connectivity index (χ1v) is 10.7. The lowest BCUT2D eigenvalue weighted by atomic mass is 10.0. The SMILES string of the molecule is CCN(C)c1nc(-c2ccccc2)nc2c1CN(C(=O)c1cc(OC)cc(OC)c1)CC2. The summed E-state index contributed by atoms with van der Waals surface area (Å²) < 4.78 is 10.7. The summed E-state index contributed by atoms with van der Waals surface area (Å²) in [6.45, 7) is 3.94. The molecule has 1 amide bonds. The Balaban J connectivity index is 1.69. The van der Waals surface area contributed by atoms with E-state index >= 15 is 0 Å². The van der Waals surface area contributed by atoms with Gasteiger partial charge in [0, 0.05) is 49.3 Å². The lowest BCUT2D eigenvalue weighted by Gasteiger charge is -2.32. The number of benzene rings is 2. The first-order chi connectivity index (χ1) is 15.5. The number of hydrogen-bond donors (Lipinski definition) is 0. The van der Waals surface area contributed by atoms with Crippen LogP contribution in [0.3, 0.4) is 0 Å². The van der Waals surface area contributed by atoms with Crippen LogP contribution in [-0.4, -0.2) is 55.1 Å². The van der Waals surface area contributed by atoms with E-state index in [0.717, 1.165) is 35.0 Å². The highest BCUT2D eigenvalue weighted by atomic mass is 16.5. The van der Waals surface area contributed by atoms with Crippen LogP contribution in [0, 0.1) is 0 Å². The predicted octanol–water partition coefficient (Wildman–Crippen LogP) is 3.82. The Kier molecular flexibility index (Phi) is 6.25. The van der Waals surface area contributed by atoms with Gasteiger partial charge in [-0.25, -0.2) is 9.97 Å². The van der Waals surface area contributed by atoms with Crippen molar-refractivity contribution in [3.63, 3.8) is 0 Å². The molecule has 0 aliphatic carbocycles. The first-order valence-electron chi connectivity index (χ1n) is 10.7. The fraction of sp³-hybridized carbons (Fsp3) is 0.320. The molecule has 0 saturated carbocycles. The number of carbonyl (C=O) groups excluding carboxylic acids is 1. The molecule has 7 heteroatoms. The number of carbonyl (C=O) groups is 1. The van der Waals surface area contributed by atoms with Crippen LogP contribution >= 0.6 is 0 Å². The highest BCUT2D eigenvalue weighted by Crippen LogP contribution is 2.31. The maximum atomic E-state index is 13.3. The van der Waals surface area contributed by atoms with E-state index in [-0.39, 0.29) is 5.91 Å². The van der Waals surface area contributed by atoms with E-state index < -0.39 is 0 Å². The maximum absolute atomic E-state index is 13.3. The standard InChI is InChI=1S/C25H28N4O3/c1-5-28(2)24-21-16-29(25(30)18-13-19(31-3)15-20(14-18)32-4)12-11-22(21)26-23(27-24)17-9-7-6-8-10-17/h6-10,13-15H,5,11-12,16H2,1-4H3. The number of amides is 1. The summed E-state index contributed by atoms with van der Waals surface area (Å²) in [4.78, 5) is 27.0. The Morgan fingerprint density at radius 3 is 2.38 bits per heavy atom. The molecule has 1 aromatic heterocycles. The molecule has 0 radical (unpaired) electrons. The molecule has 166 valence electrons. The van der Waals surface area contributed by atoms with Crippen LogP contribution in [0.15, 0.2) is 48.5 Å². The summed E-state index contributed by atoms with van der Waals surface area (Å²) >= 11 is 0. The average molecular weight is 433 g/mol. The van der Waals surface area contributed by atoms with Crippen LogP contribution in [0.5, 0.6) is 11.5 Å². The van der Waals surface area contributed by atoms with Crippen molar-refractivity contribution in [2.75, 3.05) is 39.3 Å². The van der Waals surface area contributed by atoms with Crippen molar-refractivity contribution in [1.82, 2.24) is 14.9 Å². The van der Waals surface area contributed by atoms with Crippen molar-refractivity contribution in [3.8, 4) is 22.9 Å². The summed E-state index contributed by atoms with van der Waals surface area (Å²) in [6, 6.07) is 15.3. The summed E-state index contributed by atoms with van der Waals surface area (Å²) in [5, 5.41) is 0. The van der Waals surface area contributed by atoms with Gasteiger partial charge in [-0.15, -0.1) is 0 Å². The van der Waals surface area contributed by atoms with E-state index in [1.165, 1.54) is 0 Å². The molecule has 2 heterocycles. The molecule has 0 unspecified atom stereocenters. The topological polar surface area (TPSA) is 67.8 Å². The molecule has 0 spiro atoms. The average Bonchev–Trinajstić information content (AvgIpc) is 2.86. The van der Waals surface area contributed by atoms with Gasteiger partial charge in [0.15, 0.2) is 5.82 Å². The minimum atomic E-state index is -0.0647. The number of nitrogens with zero attached hydrogens (tertiary/aromatic N) is 4. The molecule has 0 atom stereocenters. The number of anilines is 1. The third-order valence-corrected chi connectivity index (χ3v) is 5.79. The van der Waals surface area contributed by atoms with Crippen molar-refractivity contribution < 1.29 is 14.3 Å². The van der Waals surface area contributed by atoms with Gasteiger partial charge in [-0.1, -0.05) is 30.3 Å².